The number of carbonyl (C=O) groups excluding carboxylic acids is 2. The lowest BCUT2D eigenvalue weighted by atomic mass is 9.98. The largest absolute Gasteiger partial charge is 0.481 e. The van der Waals surface area contributed by atoms with Gasteiger partial charge in [-0.15, -0.1) is 0 Å². The SMILES string of the molecule is CCCN(CCC(=O)O)C(=O)[C@H](COC)NC(=O)OCC1c2ccccc2-c2ccccc21. The van der Waals surface area contributed by atoms with Crippen LogP contribution in [0.15, 0.2) is 48.5 Å². The highest BCUT2D eigenvalue weighted by Gasteiger charge is 2.30. The van der Waals surface area contributed by atoms with Gasteiger partial charge in [0.2, 0.25) is 5.91 Å². The molecule has 0 unspecified atom stereocenters. The van der Waals surface area contributed by atoms with Crippen LogP contribution in [-0.2, 0) is 19.1 Å². The van der Waals surface area contributed by atoms with Crippen molar-refractivity contribution < 1.29 is 29.0 Å². The molecule has 1 aliphatic carbocycles. The second kappa shape index (κ2) is 11.5. The van der Waals surface area contributed by atoms with Crippen molar-refractivity contribution >= 4 is 18.0 Å². The van der Waals surface area contributed by atoms with Crippen LogP contribution >= 0.6 is 0 Å². The van der Waals surface area contributed by atoms with E-state index < -0.39 is 24.0 Å². The van der Waals surface area contributed by atoms with Gasteiger partial charge in [0.25, 0.3) is 0 Å². The van der Waals surface area contributed by atoms with Gasteiger partial charge < -0.3 is 24.8 Å². The Morgan fingerprint density at radius 2 is 1.64 bits per heavy atom. The first kappa shape index (κ1) is 24.3. The summed E-state index contributed by atoms with van der Waals surface area (Å²) in [5.74, 6) is -1.47. The van der Waals surface area contributed by atoms with Gasteiger partial charge in [0.15, 0.2) is 0 Å². The number of alkyl carbamates (subject to hydrolysis) is 1. The number of carboxylic acids is 1. The first-order valence-corrected chi connectivity index (χ1v) is 11.1. The van der Waals surface area contributed by atoms with E-state index in [0.717, 1.165) is 22.3 Å². The minimum atomic E-state index is -0.989. The van der Waals surface area contributed by atoms with Gasteiger partial charge in [-0.2, -0.15) is 0 Å². The quantitative estimate of drug-likeness (QED) is 0.540. The molecule has 0 fully saturated rings. The van der Waals surface area contributed by atoms with E-state index >= 15 is 0 Å². The summed E-state index contributed by atoms with van der Waals surface area (Å²) in [6.45, 7) is 2.43. The zero-order valence-electron chi connectivity index (χ0n) is 19.0. The van der Waals surface area contributed by atoms with Crippen LogP contribution in [0.2, 0.25) is 0 Å². The number of hydrogen-bond acceptors (Lipinski definition) is 5. The molecule has 8 heteroatoms. The van der Waals surface area contributed by atoms with Crippen molar-refractivity contribution in [1.82, 2.24) is 10.2 Å². The molecule has 3 rings (SSSR count). The van der Waals surface area contributed by atoms with Crippen LogP contribution < -0.4 is 5.32 Å². The lowest BCUT2D eigenvalue weighted by molar-refractivity contribution is -0.139. The van der Waals surface area contributed by atoms with Crippen molar-refractivity contribution in [1.29, 1.82) is 0 Å². The highest BCUT2D eigenvalue weighted by atomic mass is 16.5. The van der Waals surface area contributed by atoms with Crippen LogP contribution in [0, 0.1) is 0 Å². The maximum Gasteiger partial charge on any atom is 0.407 e. The average Bonchev–Trinajstić information content (AvgIpc) is 3.13. The molecule has 0 heterocycles. The molecule has 0 saturated heterocycles. The molecule has 0 saturated carbocycles. The van der Waals surface area contributed by atoms with Gasteiger partial charge in [-0.05, 0) is 28.7 Å². The third kappa shape index (κ3) is 5.90. The van der Waals surface area contributed by atoms with Gasteiger partial charge >= 0.3 is 12.1 Å². The fourth-order valence-electron chi connectivity index (χ4n) is 4.18. The number of benzene rings is 2. The lowest BCUT2D eigenvalue weighted by Crippen LogP contribution is -2.51. The fourth-order valence-corrected chi connectivity index (χ4v) is 4.18. The van der Waals surface area contributed by atoms with Crippen molar-refractivity contribution in [2.45, 2.75) is 31.7 Å². The van der Waals surface area contributed by atoms with E-state index in [9.17, 15) is 14.4 Å². The van der Waals surface area contributed by atoms with Crippen molar-refractivity contribution in [3.8, 4) is 11.1 Å². The average molecular weight is 455 g/mol. The minimum absolute atomic E-state index is 0.0453. The van der Waals surface area contributed by atoms with E-state index in [1.165, 1.54) is 12.0 Å². The summed E-state index contributed by atoms with van der Waals surface area (Å²) in [5.41, 5.74) is 4.45. The van der Waals surface area contributed by atoms with Crippen LogP contribution in [0.1, 0.15) is 36.8 Å². The van der Waals surface area contributed by atoms with Crippen LogP contribution in [0.25, 0.3) is 11.1 Å². The Morgan fingerprint density at radius 1 is 1.03 bits per heavy atom. The molecule has 0 aliphatic heterocycles. The second-order valence-electron chi connectivity index (χ2n) is 7.95. The predicted molar refractivity (Wildman–Crippen MR) is 123 cm³/mol. The van der Waals surface area contributed by atoms with Crippen LogP contribution in [0.5, 0.6) is 0 Å². The third-order valence-corrected chi connectivity index (χ3v) is 5.67. The Kier molecular flexibility index (Phi) is 8.43. The maximum atomic E-state index is 12.9. The normalized spacial score (nSPS) is 13.0. The number of carboxylic acid groups (broad SMARTS) is 1. The second-order valence-corrected chi connectivity index (χ2v) is 7.95. The maximum absolute atomic E-state index is 12.9. The summed E-state index contributed by atoms with van der Waals surface area (Å²) in [6, 6.07) is 15.1. The molecular formula is C25H30N2O6. The van der Waals surface area contributed by atoms with E-state index in [1.54, 1.807) is 0 Å². The molecule has 2 amide bonds. The number of methoxy groups -OCH3 is 1. The zero-order chi connectivity index (χ0) is 23.8. The Hall–Kier alpha value is -3.39. The van der Waals surface area contributed by atoms with E-state index in [2.05, 4.69) is 17.4 Å². The summed E-state index contributed by atoms with van der Waals surface area (Å²) >= 11 is 0. The van der Waals surface area contributed by atoms with Gasteiger partial charge in [0.05, 0.1) is 13.0 Å². The summed E-state index contributed by atoms with van der Waals surface area (Å²) in [4.78, 5) is 37.9. The van der Waals surface area contributed by atoms with E-state index in [0.29, 0.717) is 13.0 Å². The van der Waals surface area contributed by atoms with Crippen molar-refractivity contribution in [2.24, 2.45) is 0 Å². The first-order chi connectivity index (χ1) is 16.0. The first-order valence-electron chi connectivity index (χ1n) is 11.1. The van der Waals surface area contributed by atoms with E-state index in [4.69, 9.17) is 14.6 Å². The van der Waals surface area contributed by atoms with Crippen molar-refractivity contribution in [3.63, 3.8) is 0 Å². The van der Waals surface area contributed by atoms with Gasteiger partial charge in [-0.25, -0.2) is 4.79 Å². The van der Waals surface area contributed by atoms with E-state index in [1.807, 2.05) is 43.3 Å². The summed E-state index contributed by atoms with van der Waals surface area (Å²) in [7, 11) is 1.43. The monoisotopic (exact) mass is 454 g/mol. The molecule has 8 nitrogen and oxygen atoms in total. The number of fused-ring (bicyclic) bond motifs is 3. The molecule has 0 spiro atoms. The summed E-state index contributed by atoms with van der Waals surface area (Å²) in [6.07, 6.45) is -0.228. The third-order valence-electron chi connectivity index (χ3n) is 5.67. The predicted octanol–water partition coefficient (Wildman–Crippen LogP) is 3.25. The Bertz CT molecular complexity index is 947. The van der Waals surface area contributed by atoms with Gasteiger partial charge in [0, 0.05) is 26.1 Å². The number of amides is 2. The Morgan fingerprint density at radius 3 is 2.18 bits per heavy atom. The molecule has 0 bridgehead atoms. The molecule has 176 valence electrons. The highest BCUT2D eigenvalue weighted by Crippen LogP contribution is 2.44. The molecule has 0 radical (unpaired) electrons. The number of rotatable bonds is 11. The summed E-state index contributed by atoms with van der Waals surface area (Å²) < 4.78 is 10.7. The van der Waals surface area contributed by atoms with Crippen LogP contribution in [-0.4, -0.2) is 67.4 Å². The standard InChI is InChI=1S/C25H30N2O6/c1-3-13-27(14-12-23(28)29)24(30)22(16-32-2)26-25(31)33-15-21-19-10-6-4-8-17(19)18-9-5-7-11-20(18)21/h4-11,21-22H,3,12-16H2,1-2H3,(H,26,31)(H,28,29)/t22-/m0/s1. The van der Waals surface area contributed by atoms with Crippen LogP contribution in [0.4, 0.5) is 4.79 Å². The topological polar surface area (TPSA) is 105 Å². The van der Waals surface area contributed by atoms with Crippen LogP contribution in [0.3, 0.4) is 0 Å². The zero-order valence-corrected chi connectivity index (χ0v) is 19.0. The van der Waals surface area contributed by atoms with Gasteiger partial charge in [-0.3, -0.25) is 9.59 Å². The molecule has 1 atom stereocenters. The lowest BCUT2D eigenvalue weighted by Gasteiger charge is -2.27. The Labute approximate surface area is 193 Å². The molecule has 33 heavy (non-hydrogen) atoms. The van der Waals surface area contributed by atoms with E-state index in [-0.39, 0.29) is 32.1 Å². The number of hydrogen-bond donors (Lipinski definition) is 2. The van der Waals surface area contributed by atoms with Crippen molar-refractivity contribution in [2.75, 3.05) is 33.4 Å². The molecule has 0 aromatic heterocycles. The molecule has 1 aliphatic rings. The van der Waals surface area contributed by atoms with Gasteiger partial charge in [0.1, 0.15) is 12.6 Å². The highest BCUT2D eigenvalue weighted by molar-refractivity contribution is 5.86. The molecule has 2 aromatic rings. The number of carbonyl (C=O) groups is 3. The number of nitrogens with one attached hydrogen (secondary N) is 1. The van der Waals surface area contributed by atoms with Crippen molar-refractivity contribution in [3.05, 3.63) is 59.7 Å². The number of aliphatic carboxylic acids is 1. The number of nitrogens with zero attached hydrogens (tertiary/aromatic N) is 1. The smallest absolute Gasteiger partial charge is 0.407 e. The minimum Gasteiger partial charge on any atom is -0.481 e. The van der Waals surface area contributed by atoms with Gasteiger partial charge in [-0.1, -0.05) is 55.5 Å². The molecule has 2 N–H and O–H groups in total. The number of ether oxygens (including phenoxy) is 2. The summed E-state index contributed by atoms with van der Waals surface area (Å²) in [5, 5.41) is 11.6. The molecule has 2 aromatic carbocycles. The fraction of sp³-hybridized carbons (Fsp3) is 0.400. The Balaban J connectivity index is 1.65. The molecular weight excluding hydrogens is 424 g/mol.